The van der Waals surface area contributed by atoms with E-state index in [4.69, 9.17) is 4.74 Å². The molecule has 1 aromatic rings. The smallest absolute Gasteiger partial charge is 0.150 e. The Labute approximate surface area is 127 Å². The predicted molar refractivity (Wildman–Crippen MR) is 85.6 cm³/mol. The molecule has 0 radical (unpaired) electrons. The molecule has 0 aromatic heterocycles. The molecule has 118 valence electrons. The zero-order chi connectivity index (χ0) is 15.3. The van der Waals surface area contributed by atoms with Crippen LogP contribution in [0.4, 0.5) is 0 Å². The number of sulfone groups is 1. The Bertz CT molecular complexity index is 556. The van der Waals surface area contributed by atoms with Gasteiger partial charge in [-0.2, -0.15) is 0 Å². The van der Waals surface area contributed by atoms with Crippen molar-refractivity contribution in [2.75, 3.05) is 19.9 Å². The van der Waals surface area contributed by atoms with Crippen molar-refractivity contribution in [3.8, 4) is 5.75 Å². The van der Waals surface area contributed by atoms with E-state index in [-0.39, 0.29) is 5.25 Å². The van der Waals surface area contributed by atoms with Gasteiger partial charge in [0.2, 0.25) is 0 Å². The van der Waals surface area contributed by atoms with Gasteiger partial charge in [-0.3, -0.25) is 0 Å². The van der Waals surface area contributed by atoms with E-state index in [0.717, 1.165) is 44.4 Å². The molecule has 1 N–H and O–H groups in total. The van der Waals surface area contributed by atoms with Crippen LogP contribution in [0.25, 0.3) is 0 Å². The lowest BCUT2D eigenvalue weighted by Gasteiger charge is -2.28. The fourth-order valence-corrected chi connectivity index (χ4v) is 4.22. The number of hydrogen-bond acceptors (Lipinski definition) is 4. The first kappa shape index (κ1) is 16.3. The van der Waals surface area contributed by atoms with Crippen LogP contribution >= 0.6 is 0 Å². The minimum absolute atomic E-state index is 0.171. The van der Waals surface area contributed by atoms with Gasteiger partial charge in [0.25, 0.3) is 0 Å². The molecular formula is C16H25NO3S. The number of ether oxygens (including phenoxy) is 1. The number of rotatable bonds is 6. The summed E-state index contributed by atoms with van der Waals surface area (Å²) in [4.78, 5) is 0. The van der Waals surface area contributed by atoms with Crippen LogP contribution in [0.3, 0.4) is 0 Å². The minimum atomic E-state index is -2.91. The van der Waals surface area contributed by atoms with Crippen molar-refractivity contribution in [2.24, 2.45) is 0 Å². The molecule has 0 aliphatic heterocycles. The summed E-state index contributed by atoms with van der Waals surface area (Å²) in [5, 5.41) is 3.33. The van der Waals surface area contributed by atoms with E-state index in [1.165, 1.54) is 11.8 Å². The predicted octanol–water partition coefficient (Wildman–Crippen LogP) is 2.18. The number of nitrogens with one attached hydrogen (secondary N) is 1. The second-order valence-corrected chi connectivity index (χ2v) is 8.16. The maximum Gasteiger partial charge on any atom is 0.150 e. The highest BCUT2D eigenvalue weighted by molar-refractivity contribution is 7.91. The maximum absolute atomic E-state index is 11.7. The quantitative estimate of drug-likeness (QED) is 0.875. The normalized spacial score (nSPS) is 23.0. The van der Waals surface area contributed by atoms with Crippen molar-refractivity contribution in [3.05, 3.63) is 29.8 Å². The molecule has 0 saturated heterocycles. The van der Waals surface area contributed by atoms with Crippen LogP contribution in [0.5, 0.6) is 5.75 Å². The van der Waals surface area contributed by atoms with E-state index in [1.807, 2.05) is 18.2 Å². The zero-order valence-electron chi connectivity index (χ0n) is 12.8. The molecule has 4 nitrogen and oxygen atoms in total. The highest BCUT2D eigenvalue weighted by Gasteiger charge is 2.28. The van der Waals surface area contributed by atoms with E-state index < -0.39 is 9.84 Å². The third-order valence-corrected chi connectivity index (χ3v) is 5.89. The van der Waals surface area contributed by atoms with Gasteiger partial charge >= 0.3 is 0 Å². The molecule has 0 amide bonds. The Kier molecular flexibility index (Phi) is 5.65. The molecule has 0 spiro atoms. The summed E-state index contributed by atoms with van der Waals surface area (Å²) in [6.07, 6.45) is 5.86. The summed E-state index contributed by atoms with van der Waals surface area (Å²) in [5.74, 6) is 0.914. The summed E-state index contributed by atoms with van der Waals surface area (Å²) in [5.41, 5.74) is 1.18. The lowest BCUT2D eigenvalue weighted by atomic mass is 9.95. The lowest BCUT2D eigenvalue weighted by molar-refractivity contribution is 0.371. The van der Waals surface area contributed by atoms with E-state index in [1.54, 1.807) is 7.11 Å². The minimum Gasteiger partial charge on any atom is -0.496 e. The van der Waals surface area contributed by atoms with Gasteiger partial charge < -0.3 is 10.1 Å². The standard InChI is InChI=1S/C16H25NO3S/c1-20-16-9-4-3-6-13(16)10-11-17-14-7-5-8-15(12-14)21(2,18)19/h3-4,6,9,14-15,17H,5,7-8,10-12H2,1-2H3. The Morgan fingerprint density at radius 3 is 2.76 bits per heavy atom. The van der Waals surface area contributed by atoms with E-state index >= 15 is 0 Å². The van der Waals surface area contributed by atoms with Gasteiger partial charge in [0.1, 0.15) is 15.6 Å². The Morgan fingerprint density at radius 1 is 1.29 bits per heavy atom. The van der Waals surface area contributed by atoms with E-state index in [0.29, 0.717) is 6.04 Å². The molecular weight excluding hydrogens is 286 g/mol. The largest absolute Gasteiger partial charge is 0.496 e. The van der Waals surface area contributed by atoms with E-state index in [9.17, 15) is 8.42 Å². The number of benzene rings is 1. The second kappa shape index (κ2) is 7.27. The van der Waals surface area contributed by atoms with Gasteiger partial charge in [-0.05, 0) is 43.9 Å². The third kappa shape index (κ3) is 4.71. The van der Waals surface area contributed by atoms with Crippen LogP contribution in [0, 0.1) is 0 Å². The molecule has 0 bridgehead atoms. The van der Waals surface area contributed by atoms with Crippen molar-refractivity contribution >= 4 is 9.84 Å². The highest BCUT2D eigenvalue weighted by atomic mass is 32.2. The average Bonchev–Trinajstić information content (AvgIpc) is 2.47. The summed E-state index contributed by atoms with van der Waals surface area (Å²) in [6.45, 7) is 0.849. The first-order chi connectivity index (χ1) is 10.0. The van der Waals surface area contributed by atoms with Gasteiger partial charge in [0, 0.05) is 12.3 Å². The van der Waals surface area contributed by atoms with Crippen molar-refractivity contribution in [2.45, 2.75) is 43.4 Å². The van der Waals surface area contributed by atoms with Crippen LogP contribution in [-0.4, -0.2) is 39.6 Å². The van der Waals surface area contributed by atoms with Gasteiger partial charge in [-0.1, -0.05) is 24.6 Å². The number of hydrogen-bond donors (Lipinski definition) is 1. The topological polar surface area (TPSA) is 55.4 Å². The van der Waals surface area contributed by atoms with Crippen LogP contribution in [0.2, 0.25) is 0 Å². The van der Waals surface area contributed by atoms with Crippen LogP contribution in [0.1, 0.15) is 31.2 Å². The molecule has 1 fully saturated rings. The van der Waals surface area contributed by atoms with Gasteiger partial charge in [-0.15, -0.1) is 0 Å². The molecule has 2 atom stereocenters. The zero-order valence-corrected chi connectivity index (χ0v) is 13.7. The second-order valence-electron chi connectivity index (χ2n) is 5.83. The first-order valence-corrected chi connectivity index (χ1v) is 9.50. The summed E-state index contributed by atoms with van der Waals surface area (Å²) >= 11 is 0. The molecule has 2 rings (SSSR count). The maximum atomic E-state index is 11.7. The fourth-order valence-electron chi connectivity index (χ4n) is 3.04. The van der Waals surface area contributed by atoms with E-state index in [2.05, 4.69) is 11.4 Å². The van der Waals surface area contributed by atoms with Crippen LogP contribution in [-0.2, 0) is 16.3 Å². The third-order valence-electron chi connectivity index (χ3n) is 4.25. The Morgan fingerprint density at radius 2 is 2.05 bits per heavy atom. The Balaban J connectivity index is 1.83. The van der Waals surface area contributed by atoms with Gasteiger partial charge in [0.05, 0.1) is 12.4 Å². The molecule has 1 saturated carbocycles. The number of para-hydroxylation sites is 1. The molecule has 0 heterocycles. The SMILES string of the molecule is COc1ccccc1CCNC1CCCC(S(C)(=O)=O)C1. The average molecular weight is 311 g/mol. The number of methoxy groups -OCH3 is 1. The molecule has 1 aliphatic rings. The van der Waals surface area contributed by atoms with Crippen molar-refractivity contribution < 1.29 is 13.2 Å². The monoisotopic (exact) mass is 311 g/mol. The lowest BCUT2D eigenvalue weighted by Crippen LogP contribution is -2.39. The molecule has 21 heavy (non-hydrogen) atoms. The van der Waals surface area contributed by atoms with Crippen LogP contribution < -0.4 is 10.1 Å². The Hall–Kier alpha value is -1.07. The first-order valence-electron chi connectivity index (χ1n) is 7.55. The molecule has 1 aromatic carbocycles. The molecule has 1 aliphatic carbocycles. The van der Waals surface area contributed by atoms with Gasteiger partial charge in [0.15, 0.2) is 0 Å². The van der Waals surface area contributed by atoms with Crippen molar-refractivity contribution in [1.29, 1.82) is 0 Å². The summed E-state index contributed by atoms with van der Waals surface area (Å²) in [6, 6.07) is 8.33. The fraction of sp³-hybridized carbons (Fsp3) is 0.625. The molecule has 5 heteroatoms. The summed E-state index contributed by atoms with van der Waals surface area (Å²) < 4.78 is 28.7. The summed E-state index contributed by atoms with van der Waals surface area (Å²) in [7, 11) is -1.22. The molecule has 2 unspecified atom stereocenters. The highest BCUT2D eigenvalue weighted by Crippen LogP contribution is 2.24. The van der Waals surface area contributed by atoms with Gasteiger partial charge in [-0.25, -0.2) is 8.42 Å². The van der Waals surface area contributed by atoms with Crippen molar-refractivity contribution in [3.63, 3.8) is 0 Å². The van der Waals surface area contributed by atoms with Crippen LogP contribution in [0.15, 0.2) is 24.3 Å². The van der Waals surface area contributed by atoms with Crippen molar-refractivity contribution in [1.82, 2.24) is 5.32 Å².